The second-order valence-corrected chi connectivity index (χ2v) is 12.2. The fourth-order valence-corrected chi connectivity index (χ4v) is 5.45. The number of likely N-dealkylation sites (tertiary alicyclic amines) is 1. The van der Waals surface area contributed by atoms with Gasteiger partial charge in [0.2, 0.25) is 21.8 Å². The second kappa shape index (κ2) is 10.3. The molecular formula is C21H37N7O5S. The molecule has 0 aliphatic carbocycles. The zero-order chi connectivity index (χ0) is 25.3. The summed E-state index contributed by atoms with van der Waals surface area (Å²) >= 11 is 0. The molecule has 2 aliphatic rings. The highest BCUT2D eigenvalue weighted by Crippen LogP contribution is 2.34. The molecule has 34 heavy (non-hydrogen) atoms. The number of rotatable bonds is 7. The lowest BCUT2D eigenvalue weighted by atomic mass is 9.85. The first-order chi connectivity index (χ1) is 15.8. The molecule has 2 aliphatic heterocycles. The van der Waals surface area contributed by atoms with Crippen LogP contribution in [0, 0.1) is 5.41 Å². The van der Waals surface area contributed by atoms with E-state index in [-0.39, 0.29) is 24.8 Å². The molecule has 2 fully saturated rings. The first-order valence-corrected chi connectivity index (χ1v) is 13.4. The maximum absolute atomic E-state index is 13.6. The first-order valence-electron chi connectivity index (χ1n) is 11.6. The molecule has 0 bridgehead atoms. The predicted octanol–water partition coefficient (Wildman–Crippen LogP) is -1.31. The largest absolute Gasteiger partial charge is 0.391 e. The van der Waals surface area contributed by atoms with Crippen molar-refractivity contribution in [1.29, 1.82) is 0 Å². The summed E-state index contributed by atoms with van der Waals surface area (Å²) in [6.45, 7) is 8.86. The number of hydrogen-bond acceptors (Lipinski definition) is 8. The number of aromatic nitrogens is 3. The Kier molecular flexibility index (Phi) is 8.00. The Labute approximate surface area is 201 Å². The normalized spacial score (nSPS) is 23.8. The molecule has 0 saturated carbocycles. The van der Waals surface area contributed by atoms with Crippen molar-refractivity contribution in [1.82, 2.24) is 34.4 Å². The van der Waals surface area contributed by atoms with Gasteiger partial charge in [0.1, 0.15) is 12.1 Å². The van der Waals surface area contributed by atoms with Crippen LogP contribution in [0.3, 0.4) is 0 Å². The number of hydrogen-bond donors (Lipinski definition) is 2. The number of β-amino-alcohol motifs (C(OH)–C–C–N with tert-alkyl or cyclic N) is 1. The van der Waals surface area contributed by atoms with E-state index in [2.05, 4.69) is 20.5 Å². The molecular weight excluding hydrogens is 462 g/mol. The topological polar surface area (TPSA) is 141 Å². The smallest absolute Gasteiger partial charge is 0.248 e. The minimum absolute atomic E-state index is 0.102. The van der Waals surface area contributed by atoms with Gasteiger partial charge in [0.15, 0.2) is 0 Å². The van der Waals surface area contributed by atoms with Crippen LogP contribution in [0.5, 0.6) is 0 Å². The Morgan fingerprint density at radius 2 is 1.88 bits per heavy atom. The molecule has 3 rings (SSSR count). The summed E-state index contributed by atoms with van der Waals surface area (Å²) in [4.78, 5) is 29.5. The Balaban J connectivity index is 1.68. The van der Waals surface area contributed by atoms with Crippen LogP contribution in [0.1, 0.15) is 38.9 Å². The Morgan fingerprint density at radius 1 is 1.24 bits per heavy atom. The average Bonchev–Trinajstić information content (AvgIpc) is 3.37. The van der Waals surface area contributed by atoms with Crippen molar-refractivity contribution < 1.29 is 23.1 Å². The summed E-state index contributed by atoms with van der Waals surface area (Å²) in [7, 11) is -1.65. The van der Waals surface area contributed by atoms with Gasteiger partial charge in [-0.2, -0.15) is 4.31 Å². The van der Waals surface area contributed by atoms with Crippen molar-refractivity contribution in [2.45, 2.75) is 51.8 Å². The highest BCUT2D eigenvalue weighted by Gasteiger charge is 2.45. The molecule has 13 heteroatoms. The molecule has 2 N–H and O–H groups in total. The van der Waals surface area contributed by atoms with Crippen LogP contribution < -0.4 is 5.32 Å². The van der Waals surface area contributed by atoms with Gasteiger partial charge in [-0.15, -0.1) is 5.10 Å². The van der Waals surface area contributed by atoms with E-state index in [1.165, 1.54) is 22.5 Å². The standard InChI is InChI=1S/C21H37N7O5S/c1-21(2,3)18(20(31)27-14-16(29)12-17(27)19(30)22-4)28-13-15(23-24-28)6-7-25-8-10-26(11-9-25)34(5,32)33/h13,16-18,29H,6-12,14H2,1-5H3,(H,22,30)/t16?,17-,18?/m1/s1. The highest BCUT2D eigenvalue weighted by atomic mass is 32.2. The van der Waals surface area contributed by atoms with Gasteiger partial charge in [0.05, 0.1) is 18.1 Å². The fourth-order valence-electron chi connectivity index (χ4n) is 4.62. The quantitative estimate of drug-likeness (QED) is 0.471. The molecule has 0 spiro atoms. The number of sulfonamides is 1. The van der Waals surface area contributed by atoms with Gasteiger partial charge in [-0.3, -0.25) is 9.59 Å². The van der Waals surface area contributed by atoms with Crippen LogP contribution in [0.15, 0.2) is 6.20 Å². The molecule has 2 unspecified atom stereocenters. The maximum atomic E-state index is 13.6. The van der Waals surface area contributed by atoms with Gasteiger partial charge in [-0.25, -0.2) is 13.1 Å². The number of aliphatic hydroxyl groups excluding tert-OH is 1. The lowest BCUT2D eigenvalue weighted by molar-refractivity contribution is -0.144. The SMILES string of the molecule is CNC(=O)[C@H]1CC(O)CN1C(=O)C(n1cc(CCN2CCN(S(C)(=O)=O)CC2)nn1)C(C)(C)C. The lowest BCUT2D eigenvalue weighted by Crippen LogP contribution is -2.49. The van der Waals surface area contributed by atoms with Crippen LogP contribution in [-0.2, 0) is 26.0 Å². The van der Waals surface area contributed by atoms with Crippen LogP contribution in [0.4, 0.5) is 0 Å². The predicted molar refractivity (Wildman–Crippen MR) is 125 cm³/mol. The minimum atomic E-state index is -3.16. The van der Waals surface area contributed by atoms with E-state index in [0.29, 0.717) is 39.1 Å². The second-order valence-electron chi connectivity index (χ2n) is 10.2. The van der Waals surface area contributed by atoms with Crippen LogP contribution in [0.2, 0.25) is 0 Å². The number of nitrogens with one attached hydrogen (secondary N) is 1. The molecule has 3 atom stereocenters. The fraction of sp³-hybridized carbons (Fsp3) is 0.810. The molecule has 3 heterocycles. The van der Waals surface area contributed by atoms with E-state index >= 15 is 0 Å². The number of likely N-dealkylation sites (N-methyl/N-ethyl adjacent to an activating group) is 1. The number of carbonyl (C=O) groups excluding carboxylic acids is 2. The van der Waals surface area contributed by atoms with Crippen molar-refractivity contribution in [2.24, 2.45) is 5.41 Å². The van der Waals surface area contributed by atoms with Gasteiger partial charge in [-0.05, 0) is 5.41 Å². The third-order valence-electron chi connectivity index (χ3n) is 6.47. The molecule has 1 aromatic heterocycles. The molecule has 12 nitrogen and oxygen atoms in total. The summed E-state index contributed by atoms with van der Waals surface area (Å²) in [6, 6.07) is -1.41. The molecule has 192 valence electrons. The molecule has 2 saturated heterocycles. The third-order valence-corrected chi connectivity index (χ3v) is 7.78. The van der Waals surface area contributed by atoms with E-state index in [0.717, 1.165) is 5.69 Å². The summed E-state index contributed by atoms with van der Waals surface area (Å²) in [6.07, 6.45) is 3.07. The molecule has 0 radical (unpaired) electrons. The van der Waals surface area contributed by atoms with E-state index in [1.54, 1.807) is 10.9 Å². The average molecular weight is 500 g/mol. The maximum Gasteiger partial charge on any atom is 0.248 e. The zero-order valence-electron chi connectivity index (χ0n) is 20.6. The Hall–Kier alpha value is -2.09. The molecule has 0 aromatic carbocycles. The van der Waals surface area contributed by atoms with Crippen LogP contribution in [-0.4, -0.2) is 119 Å². The number of amides is 2. The zero-order valence-corrected chi connectivity index (χ0v) is 21.5. The van der Waals surface area contributed by atoms with E-state index in [9.17, 15) is 23.1 Å². The van der Waals surface area contributed by atoms with Crippen molar-refractivity contribution in [3.63, 3.8) is 0 Å². The van der Waals surface area contributed by atoms with Gasteiger partial charge in [-0.1, -0.05) is 26.0 Å². The number of piperazine rings is 1. The molecule has 2 amide bonds. The third kappa shape index (κ3) is 6.12. The van der Waals surface area contributed by atoms with Gasteiger partial charge < -0.3 is 20.2 Å². The summed E-state index contributed by atoms with van der Waals surface area (Å²) < 4.78 is 26.4. The first kappa shape index (κ1) is 26.5. The number of carbonyl (C=O) groups is 2. The summed E-state index contributed by atoms with van der Waals surface area (Å²) in [5, 5.41) is 21.2. The van der Waals surface area contributed by atoms with Crippen LogP contribution in [0.25, 0.3) is 0 Å². The van der Waals surface area contributed by atoms with Gasteiger partial charge in [0, 0.05) is 65.4 Å². The van der Waals surface area contributed by atoms with Gasteiger partial charge in [0.25, 0.3) is 0 Å². The van der Waals surface area contributed by atoms with Crippen molar-refractivity contribution in [3.05, 3.63) is 11.9 Å². The van der Waals surface area contributed by atoms with Gasteiger partial charge >= 0.3 is 0 Å². The monoisotopic (exact) mass is 499 g/mol. The number of aliphatic hydroxyl groups is 1. The van der Waals surface area contributed by atoms with E-state index in [4.69, 9.17) is 0 Å². The van der Waals surface area contributed by atoms with Crippen LogP contribution >= 0.6 is 0 Å². The Bertz CT molecular complexity index is 982. The highest BCUT2D eigenvalue weighted by molar-refractivity contribution is 7.88. The Morgan fingerprint density at radius 3 is 2.44 bits per heavy atom. The summed E-state index contributed by atoms with van der Waals surface area (Å²) in [5.41, 5.74) is 0.224. The van der Waals surface area contributed by atoms with E-state index in [1.807, 2.05) is 20.8 Å². The number of nitrogens with zero attached hydrogens (tertiary/aromatic N) is 6. The minimum Gasteiger partial charge on any atom is -0.391 e. The molecule has 1 aromatic rings. The van der Waals surface area contributed by atoms with Crippen molar-refractivity contribution in [2.75, 3.05) is 52.6 Å². The lowest BCUT2D eigenvalue weighted by Gasteiger charge is -2.34. The van der Waals surface area contributed by atoms with E-state index < -0.39 is 33.6 Å². The van der Waals surface area contributed by atoms with Crippen molar-refractivity contribution in [3.8, 4) is 0 Å². The van der Waals surface area contributed by atoms with Crippen molar-refractivity contribution >= 4 is 21.8 Å². The summed E-state index contributed by atoms with van der Waals surface area (Å²) in [5.74, 6) is -0.571.